The number of methoxy groups -OCH3 is 1. The van der Waals surface area contributed by atoms with Crippen LogP contribution < -0.4 is 5.32 Å². The van der Waals surface area contributed by atoms with E-state index in [1.807, 2.05) is 13.8 Å². The van der Waals surface area contributed by atoms with Gasteiger partial charge in [-0.2, -0.15) is 0 Å². The number of hydrogen-bond donors (Lipinski definition) is 2. The Hall–Kier alpha value is -2.41. The van der Waals surface area contributed by atoms with E-state index in [1.54, 1.807) is 17.0 Å². The maximum atomic E-state index is 12.2. The van der Waals surface area contributed by atoms with Crippen LogP contribution in [0.3, 0.4) is 0 Å². The fraction of sp³-hybridized carbons (Fsp3) is 0.438. The van der Waals surface area contributed by atoms with Crippen LogP contribution in [0.1, 0.15) is 34.6 Å². The van der Waals surface area contributed by atoms with Crippen LogP contribution in [0.15, 0.2) is 24.3 Å². The molecular weight excluding hydrogens is 300 g/mol. The number of carboxylic acids is 1. The standard InChI is InChI=1S/C16H22N2O5/c1-4-18(5-2)15(20)12-8-6-11(7-9-12)14(19)17-10-13(23-3)16(21)22/h6-9,13H,4-5,10H2,1-3H3,(H,17,19)(H,21,22). The van der Waals surface area contributed by atoms with Crippen molar-refractivity contribution >= 4 is 17.8 Å². The van der Waals surface area contributed by atoms with Crippen LogP contribution in [-0.4, -0.2) is 60.6 Å². The molecule has 1 aromatic carbocycles. The number of benzene rings is 1. The molecule has 1 atom stereocenters. The van der Waals surface area contributed by atoms with Gasteiger partial charge in [0, 0.05) is 31.3 Å². The maximum absolute atomic E-state index is 12.2. The van der Waals surface area contributed by atoms with Gasteiger partial charge in [0.15, 0.2) is 6.10 Å². The van der Waals surface area contributed by atoms with E-state index in [1.165, 1.54) is 19.2 Å². The van der Waals surface area contributed by atoms with Crippen LogP contribution in [0, 0.1) is 0 Å². The fourth-order valence-electron chi connectivity index (χ4n) is 2.02. The van der Waals surface area contributed by atoms with Crippen LogP contribution >= 0.6 is 0 Å². The molecule has 0 bridgehead atoms. The molecule has 1 unspecified atom stereocenters. The molecule has 0 aliphatic heterocycles. The first-order valence-electron chi connectivity index (χ1n) is 7.37. The van der Waals surface area contributed by atoms with Gasteiger partial charge in [-0.1, -0.05) is 0 Å². The van der Waals surface area contributed by atoms with E-state index in [9.17, 15) is 14.4 Å². The molecule has 0 aliphatic carbocycles. The highest BCUT2D eigenvalue weighted by Gasteiger charge is 2.18. The van der Waals surface area contributed by atoms with Crippen molar-refractivity contribution in [2.24, 2.45) is 0 Å². The van der Waals surface area contributed by atoms with Crippen LogP contribution in [0.4, 0.5) is 0 Å². The third-order valence-electron chi connectivity index (χ3n) is 3.45. The molecule has 126 valence electrons. The number of aliphatic carboxylic acids is 1. The van der Waals surface area contributed by atoms with Crippen molar-refractivity contribution in [1.82, 2.24) is 10.2 Å². The van der Waals surface area contributed by atoms with E-state index >= 15 is 0 Å². The highest BCUT2D eigenvalue weighted by molar-refractivity contribution is 5.98. The zero-order chi connectivity index (χ0) is 17.4. The number of carbonyl (C=O) groups is 3. The number of ether oxygens (including phenoxy) is 1. The molecule has 7 heteroatoms. The molecule has 0 aromatic heterocycles. The summed E-state index contributed by atoms with van der Waals surface area (Å²) in [5, 5.41) is 11.3. The first-order valence-corrected chi connectivity index (χ1v) is 7.37. The number of rotatable bonds is 8. The predicted octanol–water partition coefficient (Wildman–Crippen LogP) is 0.998. The summed E-state index contributed by atoms with van der Waals surface area (Å²) in [5.74, 6) is -1.66. The summed E-state index contributed by atoms with van der Waals surface area (Å²) in [5.41, 5.74) is 0.854. The second-order valence-electron chi connectivity index (χ2n) is 4.83. The molecule has 2 N–H and O–H groups in total. The average Bonchev–Trinajstić information content (AvgIpc) is 2.56. The van der Waals surface area contributed by atoms with Crippen molar-refractivity contribution in [3.8, 4) is 0 Å². The monoisotopic (exact) mass is 322 g/mol. The second kappa shape index (κ2) is 8.89. The van der Waals surface area contributed by atoms with Crippen molar-refractivity contribution in [1.29, 1.82) is 0 Å². The Balaban J connectivity index is 2.71. The second-order valence-corrected chi connectivity index (χ2v) is 4.83. The summed E-state index contributed by atoms with van der Waals surface area (Å²) in [6.07, 6.45) is -1.09. The first kappa shape index (κ1) is 18.6. The summed E-state index contributed by atoms with van der Waals surface area (Å²) in [6.45, 7) is 4.90. The first-order chi connectivity index (χ1) is 10.9. The molecular formula is C16H22N2O5. The molecule has 0 fully saturated rings. The lowest BCUT2D eigenvalue weighted by Gasteiger charge is -2.18. The van der Waals surface area contributed by atoms with Crippen molar-refractivity contribution in [3.63, 3.8) is 0 Å². The highest BCUT2D eigenvalue weighted by atomic mass is 16.5. The minimum Gasteiger partial charge on any atom is -0.479 e. The van der Waals surface area contributed by atoms with Crippen LogP contribution in [0.25, 0.3) is 0 Å². The number of hydrogen-bond acceptors (Lipinski definition) is 4. The van der Waals surface area contributed by atoms with Gasteiger partial charge in [0.25, 0.3) is 11.8 Å². The molecule has 2 amide bonds. The number of carbonyl (C=O) groups excluding carboxylic acids is 2. The summed E-state index contributed by atoms with van der Waals surface area (Å²) >= 11 is 0. The molecule has 0 heterocycles. The topological polar surface area (TPSA) is 95.9 Å². The van der Waals surface area contributed by atoms with Crippen molar-refractivity contribution in [2.45, 2.75) is 20.0 Å². The zero-order valence-electron chi connectivity index (χ0n) is 13.5. The lowest BCUT2D eigenvalue weighted by atomic mass is 10.1. The average molecular weight is 322 g/mol. The minimum absolute atomic E-state index is 0.0905. The minimum atomic E-state index is -1.15. The Kier molecular flexibility index (Phi) is 7.21. The third-order valence-corrected chi connectivity index (χ3v) is 3.45. The van der Waals surface area contributed by atoms with Crippen LogP contribution in [0.5, 0.6) is 0 Å². The lowest BCUT2D eigenvalue weighted by Crippen LogP contribution is -2.37. The van der Waals surface area contributed by atoms with Gasteiger partial charge >= 0.3 is 5.97 Å². The molecule has 0 saturated heterocycles. The van der Waals surface area contributed by atoms with E-state index < -0.39 is 18.0 Å². The lowest BCUT2D eigenvalue weighted by molar-refractivity contribution is -0.148. The fourth-order valence-corrected chi connectivity index (χ4v) is 2.02. The van der Waals surface area contributed by atoms with E-state index in [0.717, 1.165) is 0 Å². The summed E-state index contributed by atoms with van der Waals surface area (Å²) < 4.78 is 4.74. The quantitative estimate of drug-likeness (QED) is 0.744. The van der Waals surface area contributed by atoms with Gasteiger partial charge in [0.05, 0.1) is 6.54 Å². The largest absolute Gasteiger partial charge is 0.479 e. The Morgan fingerprint density at radius 3 is 2.09 bits per heavy atom. The van der Waals surface area contributed by atoms with Crippen LogP contribution in [0.2, 0.25) is 0 Å². The van der Waals surface area contributed by atoms with Gasteiger partial charge in [-0.05, 0) is 38.1 Å². The number of carboxylic acid groups (broad SMARTS) is 1. The van der Waals surface area contributed by atoms with E-state index in [2.05, 4.69) is 5.32 Å². The molecule has 1 aromatic rings. The van der Waals surface area contributed by atoms with Gasteiger partial charge in [0.2, 0.25) is 0 Å². The number of nitrogens with zero attached hydrogens (tertiary/aromatic N) is 1. The van der Waals surface area contributed by atoms with E-state index in [0.29, 0.717) is 24.2 Å². The zero-order valence-corrected chi connectivity index (χ0v) is 13.5. The maximum Gasteiger partial charge on any atom is 0.334 e. The Morgan fingerprint density at radius 1 is 1.13 bits per heavy atom. The smallest absolute Gasteiger partial charge is 0.334 e. The molecule has 0 radical (unpaired) electrons. The van der Waals surface area contributed by atoms with Gasteiger partial charge in [-0.15, -0.1) is 0 Å². The van der Waals surface area contributed by atoms with Gasteiger partial charge in [-0.25, -0.2) is 4.79 Å². The SMILES string of the molecule is CCN(CC)C(=O)c1ccc(C(=O)NCC(OC)C(=O)O)cc1. The van der Waals surface area contributed by atoms with Crippen molar-refractivity contribution in [3.05, 3.63) is 35.4 Å². The van der Waals surface area contributed by atoms with Gasteiger partial charge in [0.1, 0.15) is 0 Å². The molecule has 23 heavy (non-hydrogen) atoms. The summed E-state index contributed by atoms with van der Waals surface area (Å²) in [7, 11) is 1.26. The van der Waals surface area contributed by atoms with Gasteiger partial charge in [-0.3, -0.25) is 9.59 Å². The summed E-state index contributed by atoms with van der Waals surface area (Å²) in [4.78, 5) is 36.6. The highest BCUT2D eigenvalue weighted by Crippen LogP contribution is 2.08. The summed E-state index contributed by atoms with van der Waals surface area (Å²) in [6, 6.07) is 6.24. The molecule has 0 aliphatic rings. The Labute approximate surface area is 135 Å². The van der Waals surface area contributed by atoms with Crippen LogP contribution in [-0.2, 0) is 9.53 Å². The Morgan fingerprint density at radius 2 is 1.65 bits per heavy atom. The molecule has 0 spiro atoms. The number of amides is 2. The number of nitrogens with one attached hydrogen (secondary N) is 1. The van der Waals surface area contributed by atoms with Gasteiger partial charge < -0.3 is 20.1 Å². The predicted molar refractivity (Wildman–Crippen MR) is 84.5 cm³/mol. The molecule has 1 rings (SSSR count). The third kappa shape index (κ3) is 5.07. The van der Waals surface area contributed by atoms with Crippen molar-refractivity contribution in [2.75, 3.05) is 26.7 Å². The van der Waals surface area contributed by atoms with E-state index in [4.69, 9.17) is 9.84 Å². The van der Waals surface area contributed by atoms with E-state index in [-0.39, 0.29) is 12.5 Å². The molecule has 7 nitrogen and oxygen atoms in total. The normalized spacial score (nSPS) is 11.6. The van der Waals surface area contributed by atoms with Crippen molar-refractivity contribution < 1.29 is 24.2 Å². The Bertz CT molecular complexity index is 552. The molecule has 0 saturated carbocycles.